The van der Waals surface area contributed by atoms with Crippen LogP contribution >= 0.6 is 0 Å². The molecule has 0 amide bonds. The minimum Gasteiger partial charge on any atom is -0.492 e. The topological polar surface area (TPSA) is 34.1 Å². The van der Waals surface area contributed by atoms with Crippen molar-refractivity contribution in [3.63, 3.8) is 0 Å². The largest absolute Gasteiger partial charge is 0.492 e. The minimum atomic E-state index is 0.332. The molecule has 0 fully saturated rings. The molecule has 3 heteroatoms. The summed E-state index contributed by atoms with van der Waals surface area (Å²) in [5.74, 6) is 0.929. The summed E-state index contributed by atoms with van der Waals surface area (Å²) in [6, 6.07) is 12.6. The summed E-state index contributed by atoms with van der Waals surface area (Å²) in [7, 11) is 0. The molecule has 2 aromatic rings. The van der Waals surface area contributed by atoms with Gasteiger partial charge < -0.3 is 10.1 Å². The van der Waals surface area contributed by atoms with Gasteiger partial charge in [-0.05, 0) is 56.6 Å². The van der Waals surface area contributed by atoms with E-state index in [4.69, 9.17) is 4.74 Å². The standard InChI is InChI=1S/C17H22N2O/c1-14-3-5-17(6-4-14)20-13-15(2)19-12-9-16-7-10-18-11-8-16/h3-8,10-11,15,19H,9,12-13H2,1-2H3. The van der Waals surface area contributed by atoms with Crippen LogP contribution in [0.15, 0.2) is 48.8 Å². The first-order chi connectivity index (χ1) is 9.74. The molecule has 0 saturated carbocycles. The van der Waals surface area contributed by atoms with Crippen LogP contribution in [0.1, 0.15) is 18.1 Å². The SMILES string of the molecule is Cc1ccc(OCC(C)NCCc2ccncc2)cc1. The van der Waals surface area contributed by atoms with Gasteiger partial charge in [-0.2, -0.15) is 0 Å². The van der Waals surface area contributed by atoms with Gasteiger partial charge in [0.15, 0.2) is 0 Å². The fourth-order valence-corrected chi connectivity index (χ4v) is 1.93. The molecule has 0 saturated heterocycles. The van der Waals surface area contributed by atoms with Crippen molar-refractivity contribution in [3.8, 4) is 5.75 Å². The van der Waals surface area contributed by atoms with Gasteiger partial charge in [0.1, 0.15) is 12.4 Å². The van der Waals surface area contributed by atoms with Crippen molar-refractivity contribution in [2.75, 3.05) is 13.2 Å². The number of pyridine rings is 1. The van der Waals surface area contributed by atoms with E-state index in [9.17, 15) is 0 Å². The molecule has 0 radical (unpaired) electrons. The van der Waals surface area contributed by atoms with Gasteiger partial charge in [0.25, 0.3) is 0 Å². The van der Waals surface area contributed by atoms with Gasteiger partial charge in [-0.15, -0.1) is 0 Å². The van der Waals surface area contributed by atoms with Gasteiger partial charge in [-0.3, -0.25) is 4.98 Å². The molecule has 2 rings (SSSR count). The molecule has 0 spiro atoms. The maximum atomic E-state index is 5.75. The first kappa shape index (κ1) is 14.5. The quantitative estimate of drug-likeness (QED) is 0.840. The second-order valence-corrected chi connectivity index (χ2v) is 5.08. The Bertz CT molecular complexity index is 496. The molecule has 1 atom stereocenters. The maximum Gasteiger partial charge on any atom is 0.119 e. The van der Waals surface area contributed by atoms with Crippen LogP contribution in [0.25, 0.3) is 0 Å². The fraction of sp³-hybridized carbons (Fsp3) is 0.353. The second kappa shape index (κ2) is 7.65. The normalized spacial score (nSPS) is 12.1. The Labute approximate surface area is 121 Å². The molecule has 0 bridgehead atoms. The molecule has 1 heterocycles. The molecule has 0 aliphatic heterocycles. The number of rotatable bonds is 7. The number of hydrogen-bond acceptors (Lipinski definition) is 3. The third kappa shape index (κ3) is 5.02. The fourth-order valence-electron chi connectivity index (χ4n) is 1.93. The van der Waals surface area contributed by atoms with Crippen molar-refractivity contribution in [1.29, 1.82) is 0 Å². The molecular formula is C17H22N2O. The Morgan fingerprint density at radius 3 is 2.50 bits per heavy atom. The van der Waals surface area contributed by atoms with Crippen LogP contribution in [0.4, 0.5) is 0 Å². The maximum absolute atomic E-state index is 5.75. The van der Waals surface area contributed by atoms with Crippen LogP contribution in [0.3, 0.4) is 0 Å². The summed E-state index contributed by atoms with van der Waals surface area (Å²) in [4.78, 5) is 4.02. The van der Waals surface area contributed by atoms with Gasteiger partial charge in [0.2, 0.25) is 0 Å². The van der Waals surface area contributed by atoms with E-state index in [1.165, 1.54) is 11.1 Å². The number of nitrogens with zero attached hydrogens (tertiary/aromatic N) is 1. The van der Waals surface area contributed by atoms with Crippen molar-refractivity contribution in [2.24, 2.45) is 0 Å². The molecule has 20 heavy (non-hydrogen) atoms. The van der Waals surface area contributed by atoms with Crippen LogP contribution in [0.5, 0.6) is 5.75 Å². The number of aryl methyl sites for hydroxylation is 1. The first-order valence-corrected chi connectivity index (χ1v) is 7.06. The van der Waals surface area contributed by atoms with Gasteiger partial charge >= 0.3 is 0 Å². The number of aromatic nitrogens is 1. The Morgan fingerprint density at radius 2 is 1.80 bits per heavy atom. The predicted octanol–water partition coefficient (Wildman–Crippen LogP) is 2.99. The highest BCUT2D eigenvalue weighted by molar-refractivity contribution is 5.26. The number of nitrogens with one attached hydrogen (secondary N) is 1. The summed E-state index contributed by atoms with van der Waals surface area (Å²) < 4.78 is 5.75. The van der Waals surface area contributed by atoms with Gasteiger partial charge in [0.05, 0.1) is 0 Å². The first-order valence-electron chi connectivity index (χ1n) is 7.06. The lowest BCUT2D eigenvalue weighted by Crippen LogP contribution is -2.33. The Morgan fingerprint density at radius 1 is 1.10 bits per heavy atom. The van der Waals surface area contributed by atoms with E-state index in [2.05, 4.69) is 48.4 Å². The summed E-state index contributed by atoms with van der Waals surface area (Å²) >= 11 is 0. The van der Waals surface area contributed by atoms with Crippen LogP contribution in [0.2, 0.25) is 0 Å². The number of benzene rings is 1. The zero-order valence-corrected chi connectivity index (χ0v) is 12.2. The molecule has 0 aliphatic rings. The lowest BCUT2D eigenvalue weighted by Gasteiger charge is -2.15. The van der Waals surface area contributed by atoms with E-state index < -0.39 is 0 Å². The van der Waals surface area contributed by atoms with Crippen molar-refractivity contribution in [3.05, 3.63) is 59.9 Å². The Hall–Kier alpha value is -1.87. The van der Waals surface area contributed by atoms with E-state index in [1.807, 2.05) is 24.5 Å². The molecule has 106 valence electrons. The van der Waals surface area contributed by atoms with Crippen molar-refractivity contribution < 1.29 is 4.74 Å². The van der Waals surface area contributed by atoms with E-state index in [-0.39, 0.29) is 0 Å². The van der Waals surface area contributed by atoms with E-state index in [0.717, 1.165) is 18.7 Å². The predicted molar refractivity (Wildman–Crippen MR) is 82.1 cm³/mol. The Balaban J connectivity index is 1.65. The third-order valence-corrected chi connectivity index (χ3v) is 3.18. The molecule has 1 aromatic heterocycles. The third-order valence-electron chi connectivity index (χ3n) is 3.18. The average Bonchev–Trinajstić information content (AvgIpc) is 2.48. The number of ether oxygens (including phenoxy) is 1. The summed E-state index contributed by atoms with van der Waals surface area (Å²) in [5.41, 5.74) is 2.56. The van der Waals surface area contributed by atoms with E-state index >= 15 is 0 Å². The van der Waals surface area contributed by atoms with Gasteiger partial charge in [-0.1, -0.05) is 17.7 Å². The lowest BCUT2D eigenvalue weighted by molar-refractivity contribution is 0.274. The molecule has 3 nitrogen and oxygen atoms in total. The van der Waals surface area contributed by atoms with Crippen LogP contribution in [-0.2, 0) is 6.42 Å². The van der Waals surface area contributed by atoms with Crippen molar-refractivity contribution >= 4 is 0 Å². The van der Waals surface area contributed by atoms with Crippen LogP contribution < -0.4 is 10.1 Å². The van der Waals surface area contributed by atoms with Crippen molar-refractivity contribution in [1.82, 2.24) is 10.3 Å². The molecular weight excluding hydrogens is 248 g/mol. The van der Waals surface area contributed by atoms with Crippen LogP contribution in [0, 0.1) is 6.92 Å². The summed E-state index contributed by atoms with van der Waals surface area (Å²) in [6.45, 7) is 5.84. The molecule has 1 aromatic carbocycles. The molecule has 1 N–H and O–H groups in total. The van der Waals surface area contributed by atoms with E-state index in [1.54, 1.807) is 0 Å². The van der Waals surface area contributed by atoms with Gasteiger partial charge in [0, 0.05) is 18.4 Å². The van der Waals surface area contributed by atoms with E-state index in [0.29, 0.717) is 12.6 Å². The van der Waals surface area contributed by atoms with Gasteiger partial charge in [-0.25, -0.2) is 0 Å². The highest BCUT2D eigenvalue weighted by atomic mass is 16.5. The molecule has 0 aliphatic carbocycles. The minimum absolute atomic E-state index is 0.332. The second-order valence-electron chi connectivity index (χ2n) is 5.08. The molecule has 1 unspecified atom stereocenters. The highest BCUT2D eigenvalue weighted by Crippen LogP contribution is 2.11. The highest BCUT2D eigenvalue weighted by Gasteiger charge is 2.02. The summed E-state index contributed by atoms with van der Waals surface area (Å²) in [6.07, 6.45) is 4.68. The smallest absolute Gasteiger partial charge is 0.119 e. The zero-order valence-electron chi connectivity index (χ0n) is 12.2. The van der Waals surface area contributed by atoms with Crippen LogP contribution in [-0.4, -0.2) is 24.2 Å². The zero-order chi connectivity index (χ0) is 14.2. The van der Waals surface area contributed by atoms with Crippen molar-refractivity contribution in [2.45, 2.75) is 26.3 Å². The average molecular weight is 270 g/mol. The summed E-state index contributed by atoms with van der Waals surface area (Å²) in [5, 5.41) is 3.47. The monoisotopic (exact) mass is 270 g/mol. The Kier molecular flexibility index (Phi) is 5.56. The lowest BCUT2D eigenvalue weighted by atomic mass is 10.2. The number of hydrogen-bond donors (Lipinski definition) is 1.